The smallest absolute Gasteiger partial charge is 0.321 e. The second kappa shape index (κ2) is 5.99. The first-order valence-corrected chi connectivity index (χ1v) is 7.38. The van der Waals surface area contributed by atoms with Gasteiger partial charge in [0.25, 0.3) is 0 Å². The lowest BCUT2D eigenvalue weighted by molar-refractivity contribution is 0.182. The van der Waals surface area contributed by atoms with Gasteiger partial charge in [0.15, 0.2) is 0 Å². The molecule has 3 rings (SSSR count). The van der Waals surface area contributed by atoms with E-state index >= 15 is 0 Å². The van der Waals surface area contributed by atoms with Crippen LogP contribution in [0.3, 0.4) is 0 Å². The van der Waals surface area contributed by atoms with E-state index in [1.54, 1.807) is 10.9 Å². The molecule has 1 aliphatic heterocycles. The van der Waals surface area contributed by atoms with Crippen LogP contribution in [0.1, 0.15) is 19.8 Å². The van der Waals surface area contributed by atoms with Crippen molar-refractivity contribution in [1.29, 1.82) is 0 Å². The number of hydrogen-bond acceptors (Lipinski definition) is 2. The van der Waals surface area contributed by atoms with Gasteiger partial charge in [0.2, 0.25) is 0 Å². The Morgan fingerprint density at radius 1 is 1.38 bits per heavy atom. The molecule has 1 aromatic carbocycles. The maximum atomic E-state index is 12.3. The fourth-order valence-corrected chi connectivity index (χ4v) is 2.72. The van der Waals surface area contributed by atoms with Crippen LogP contribution in [0.4, 0.5) is 10.5 Å². The Morgan fingerprint density at radius 3 is 3.05 bits per heavy atom. The summed E-state index contributed by atoms with van der Waals surface area (Å²) in [5.41, 5.74) is 1.73. The normalized spacial score (nSPS) is 18.5. The van der Waals surface area contributed by atoms with Gasteiger partial charge in [0, 0.05) is 31.2 Å². The summed E-state index contributed by atoms with van der Waals surface area (Å²) in [5.74, 6) is 0.583. The third-order valence-electron chi connectivity index (χ3n) is 3.81. The number of carbonyl (C=O) groups is 1. The molecule has 5 heteroatoms. The van der Waals surface area contributed by atoms with Gasteiger partial charge in [-0.1, -0.05) is 13.0 Å². The topological polar surface area (TPSA) is 50.2 Å². The lowest BCUT2D eigenvalue weighted by Gasteiger charge is -2.30. The van der Waals surface area contributed by atoms with Crippen LogP contribution in [0.2, 0.25) is 0 Å². The van der Waals surface area contributed by atoms with Crippen molar-refractivity contribution >= 4 is 11.7 Å². The highest BCUT2D eigenvalue weighted by atomic mass is 16.2. The maximum Gasteiger partial charge on any atom is 0.321 e. The number of amides is 2. The van der Waals surface area contributed by atoms with Crippen molar-refractivity contribution in [2.75, 3.05) is 18.4 Å². The first kappa shape index (κ1) is 13.7. The fourth-order valence-electron chi connectivity index (χ4n) is 2.72. The number of nitrogens with one attached hydrogen (secondary N) is 1. The number of urea groups is 1. The summed E-state index contributed by atoms with van der Waals surface area (Å²) in [4.78, 5) is 14.2. The third kappa shape index (κ3) is 3.24. The second-order valence-corrected chi connectivity index (χ2v) is 5.62. The molecular formula is C16H20N4O. The second-order valence-electron chi connectivity index (χ2n) is 5.62. The van der Waals surface area contributed by atoms with Crippen LogP contribution in [-0.4, -0.2) is 33.8 Å². The predicted octanol–water partition coefficient (Wildman–Crippen LogP) is 3.14. The van der Waals surface area contributed by atoms with Gasteiger partial charge in [0.1, 0.15) is 0 Å². The van der Waals surface area contributed by atoms with Gasteiger partial charge < -0.3 is 10.2 Å². The number of carbonyl (C=O) groups excluding carboxylic acids is 1. The van der Waals surface area contributed by atoms with E-state index in [1.165, 1.54) is 6.42 Å². The Morgan fingerprint density at radius 2 is 2.29 bits per heavy atom. The molecule has 2 aromatic rings. The number of rotatable bonds is 2. The van der Waals surface area contributed by atoms with Crippen LogP contribution >= 0.6 is 0 Å². The average Bonchev–Trinajstić information content (AvgIpc) is 3.02. The van der Waals surface area contributed by atoms with Crippen LogP contribution in [0, 0.1) is 5.92 Å². The fraction of sp³-hybridized carbons (Fsp3) is 0.375. The molecule has 1 unspecified atom stereocenters. The van der Waals surface area contributed by atoms with E-state index in [-0.39, 0.29) is 6.03 Å². The summed E-state index contributed by atoms with van der Waals surface area (Å²) in [6.07, 6.45) is 5.91. The van der Waals surface area contributed by atoms with Gasteiger partial charge in [-0.15, -0.1) is 0 Å². The van der Waals surface area contributed by atoms with Gasteiger partial charge in [0.05, 0.1) is 5.69 Å². The molecule has 0 aliphatic carbocycles. The van der Waals surface area contributed by atoms with Gasteiger partial charge >= 0.3 is 6.03 Å². The van der Waals surface area contributed by atoms with Crippen molar-refractivity contribution in [2.45, 2.75) is 19.8 Å². The van der Waals surface area contributed by atoms with Gasteiger partial charge in [-0.25, -0.2) is 9.48 Å². The number of nitrogens with zero attached hydrogens (tertiary/aromatic N) is 3. The van der Waals surface area contributed by atoms with Gasteiger partial charge in [-0.3, -0.25) is 0 Å². The molecule has 0 radical (unpaired) electrons. The third-order valence-corrected chi connectivity index (χ3v) is 3.81. The van der Waals surface area contributed by atoms with E-state index in [4.69, 9.17) is 0 Å². The predicted molar refractivity (Wildman–Crippen MR) is 82.6 cm³/mol. The number of likely N-dealkylation sites (tertiary alicyclic amines) is 1. The standard InChI is InChI=1S/C16H20N4O/c1-13-5-3-9-19(12-13)16(21)18-14-6-2-7-15(11-14)20-10-4-8-17-20/h2,4,6-8,10-11,13H,3,5,9,12H2,1H3,(H,18,21). The Bertz CT molecular complexity index is 608. The quantitative estimate of drug-likeness (QED) is 0.921. The number of aromatic nitrogens is 2. The van der Waals surface area contributed by atoms with Crippen molar-refractivity contribution in [3.05, 3.63) is 42.7 Å². The van der Waals surface area contributed by atoms with E-state index in [0.29, 0.717) is 5.92 Å². The van der Waals surface area contributed by atoms with Crippen molar-refractivity contribution in [2.24, 2.45) is 5.92 Å². The van der Waals surface area contributed by atoms with Crippen molar-refractivity contribution < 1.29 is 4.79 Å². The van der Waals surface area contributed by atoms with Gasteiger partial charge in [-0.2, -0.15) is 5.10 Å². The maximum absolute atomic E-state index is 12.3. The van der Waals surface area contributed by atoms with Crippen molar-refractivity contribution in [3.8, 4) is 5.69 Å². The zero-order valence-electron chi connectivity index (χ0n) is 12.2. The minimum Gasteiger partial charge on any atom is -0.324 e. The van der Waals surface area contributed by atoms with E-state index < -0.39 is 0 Å². The molecule has 1 saturated heterocycles. The highest BCUT2D eigenvalue weighted by molar-refractivity contribution is 5.89. The van der Waals surface area contributed by atoms with Gasteiger partial charge in [-0.05, 0) is 43.0 Å². The molecule has 1 atom stereocenters. The van der Waals surface area contributed by atoms with Crippen LogP contribution < -0.4 is 5.32 Å². The molecule has 21 heavy (non-hydrogen) atoms. The Hall–Kier alpha value is -2.30. The summed E-state index contributed by atoms with van der Waals surface area (Å²) in [6.45, 7) is 3.87. The molecule has 0 bridgehead atoms. The Kier molecular flexibility index (Phi) is 3.90. The lowest BCUT2D eigenvalue weighted by Crippen LogP contribution is -2.41. The minimum atomic E-state index is -0.0147. The summed E-state index contributed by atoms with van der Waals surface area (Å²) < 4.78 is 1.78. The van der Waals surface area contributed by atoms with Crippen LogP contribution in [0.25, 0.3) is 5.69 Å². The SMILES string of the molecule is CC1CCCN(C(=O)Nc2cccc(-n3cccn3)c2)C1. The first-order valence-electron chi connectivity index (χ1n) is 7.38. The zero-order chi connectivity index (χ0) is 14.7. The zero-order valence-corrected chi connectivity index (χ0v) is 12.2. The molecule has 0 saturated carbocycles. The highest BCUT2D eigenvalue weighted by Gasteiger charge is 2.20. The molecule has 2 heterocycles. The molecule has 1 aliphatic rings. The van der Waals surface area contributed by atoms with E-state index in [2.05, 4.69) is 17.3 Å². The molecule has 110 valence electrons. The molecule has 0 spiro atoms. The number of hydrogen-bond donors (Lipinski definition) is 1. The largest absolute Gasteiger partial charge is 0.324 e. The van der Waals surface area contributed by atoms with E-state index in [9.17, 15) is 4.79 Å². The molecule has 1 fully saturated rings. The van der Waals surface area contributed by atoms with Crippen LogP contribution in [0.15, 0.2) is 42.7 Å². The Balaban J connectivity index is 1.70. The van der Waals surface area contributed by atoms with Crippen molar-refractivity contribution in [1.82, 2.24) is 14.7 Å². The first-order chi connectivity index (χ1) is 10.2. The molecule has 1 aromatic heterocycles. The monoisotopic (exact) mass is 284 g/mol. The highest BCUT2D eigenvalue weighted by Crippen LogP contribution is 2.18. The number of anilines is 1. The molecular weight excluding hydrogens is 264 g/mol. The minimum absolute atomic E-state index is 0.0147. The van der Waals surface area contributed by atoms with Crippen LogP contribution in [-0.2, 0) is 0 Å². The molecule has 1 N–H and O–H groups in total. The van der Waals surface area contributed by atoms with Crippen molar-refractivity contribution in [3.63, 3.8) is 0 Å². The summed E-state index contributed by atoms with van der Waals surface area (Å²) in [5, 5.41) is 7.18. The summed E-state index contributed by atoms with van der Waals surface area (Å²) in [6, 6.07) is 9.58. The van der Waals surface area contributed by atoms with E-state index in [0.717, 1.165) is 30.9 Å². The lowest BCUT2D eigenvalue weighted by atomic mass is 10.0. The number of piperidine rings is 1. The number of benzene rings is 1. The van der Waals surface area contributed by atoms with E-state index in [1.807, 2.05) is 41.4 Å². The van der Waals surface area contributed by atoms with Crippen LogP contribution in [0.5, 0.6) is 0 Å². The summed E-state index contributed by atoms with van der Waals surface area (Å²) >= 11 is 0. The molecule has 5 nitrogen and oxygen atoms in total. The summed E-state index contributed by atoms with van der Waals surface area (Å²) in [7, 11) is 0. The average molecular weight is 284 g/mol. The Labute approximate surface area is 124 Å². The molecule has 2 amide bonds.